The number of benzene rings is 1. The summed E-state index contributed by atoms with van der Waals surface area (Å²) in [6.07, 6.45) is 3.33. The third-order valence-electron chi connectivity index (χ3n) is 3.02. The summed E-state index contributed by atoms with van der Waals surface area (Å²) in [7, 11) is 0. The summed E-state index contributed by atoms with van der Waals surface area (Å²) < 4.78 is 0. The number of nitro benzene ring substituents is 1. The number of nitro groups is 1. The highest BCUT2D eigenvalue weighted by atomic mass is 32.1. The molecule has 0 spiro atoms. The number of carbonyl (C=O) groups is 1. The summed E-state index contributed by atoms with van der Waals surface area (Å²) >= 11 is 1.28. The molecule has 2 heterocycles. The normalized spacial score (nSPS) is 10.3. The first-order valence-corrected chi connectivity index (χ1v) is 7.43. The first-order chi connectivity index (χ1) is 11.1. The fourth-order valence-corrected chi connectivity index (χ4v) is 2.63. The van der Waals surface area contributed by atoms with Crippen molar-refractivity contribution in [2.75, 3.05) is 5.32 Å². The number of non-ortho nitro benzene ring substituents is 1. The van der Waals surface area contributed by atoms with Gasteiger partial charge in [0.05, 0.1) is 10.6 Å². The van der Waals surface area contributed by atoms with Crippen LogP contribution in [0.1, 0.15) is 10.4 Å². The van der Waals surface area contributed by atoms with Gasteiger partial charge in [0.2, 0.25) is 0 Å². The Balaban J connectivity index is 1.77. The van der Waals surface area contributed by atoms with Crippen LogP contribution in [0, 0.1) is 10.1 Å². The van der Waals surface area contributed by atoms with Crippen LogP contribution in [0.5, 0.6) is 0 Å². The quantitative estimate of drug-likeness (QED) is 0.585. The molecule has 0 unspecified atom stereocenters. The van der Waals surface area contributed by atoms with Gasteiger partial charge in [-0.2, -0.15) is 0 Å². The first kappa shape index (κ1) is 14.8. The Labute approximate surface area is 134 Å². The summed E-state index contributed by atoms with van der Waals surface area (Å²) in [6, 6.07) is 9.19. The molecule has 0 atom stereocenters. The van der Waals surface area contributed by atoms with E-state index < -0.39 is 10.8 Å². The second kappa shape index (κ2) is 6.32. The van der Waals surface area contributed by atoms with E-state index in [0.717, 1.165) is 11.3 Å². The molecule has 3 rings (SSSR count). The Bertz CT molecular complexity index is 864. The molecule has 1 amide bonds. The van der Waals surface area contributed by atoms with Crippen molar-refractivity contribution in [3.8, 4) is 11.3 Å². The highest BCUT2D eigenvalue weighted by Gasteiger charge is 2.13. The van der Waals surface area contributed by atoms with Crippen LogP contribution in [0.2, 0.25) is 0 Å². The molecule has 114 valence electrons. The van der Waals surface area contributed by atoms with Crippen molar-refractivity contribution in [3.63, 3.8) is 0 Å². The number of anilines is 1. The van der Waals surface area contributed by atoms with Crippen molar-refractivity contribution in [1.29, 1.82) is 0 Å². The number of pyridine rings is 1. The van der Waals surface area contributed by atoms with Crippen molar-refractivity contribution < 1.29 is 9.72 Å². The molecule has 0 radical (unpaired) electrons. The predicted molar refractivity (Wildman–Crippen MR) is 86.4 cm³/mol. The average molecular weight is 326 g/mol. The van der Waals surface area contributed by atoms with E-state index in [1.807, 2.05) is 17.5 Å². The van der Waals surface area contributed by atoms with Crippen molar-refractivity contribution in [2.24, 2.45) is 0 Å². The lowest BCUT2D eigenvalue weighted by atomic mass is 10.2. The molecule has 23 heavy (non-hydrogen) atoms. The number of amides is 1. The molecule has 8 heteroatoms. The molecule has 1 N–H and O–H groups in total. The summed E-state index contributed by atoms with van der Waals surface area (Å²) in [5.41, 5.74) is 1.70. The smallest absolute Gasteiger partial charge is 0.270 e. The fraction of sp³-hybridized carbons (Fsp3) is 0. The van der Waals surface area contributed by atoms with E-state index in [-0.39, 0.29) is 11.3 Å². The standard InChI is InChI=1S/C15H10N4O3S/c20-14(11-2-1-3-12(8-11)19(21)22)18-15-17-13(9-23-15)10-4-6-16-7-5-10/h1-9H,(H,17,18,20). The summed E-state index contributed by atoms with van der Waals surface area (Å²) in [5.74, 6) is -0.440. The Morgan fingerprint density at radius 3 is 2.74 bits per heavy atom. The van der Waals surface area contributed by atoms with Crippen molar-refractivity contribution >= 4 is 28.1 Å². The van der Waals surface area contributed by atoms with Crippen LogP contribution in [0.25, 0.3) is 11.3 Å². The van der Waals surface area contributed by atoms with Gasteiger partial charge in [-0.1, -0.05) is 6.07 Å². The van der Waals surface area contributed by atoms with E-state index in [1.165, 1.54) is 35.6 Å². The zero-order valence-corrected chi connectivity index (χ0v) is 12.5. The van der Waals surface area contributed by atoms with E-state index in [9.17, 15) is 14.9 Å². The lowest BCUT2D eigenvalue weighted by Gasteiger charge is -2.01. The summed E-state index contributed by atoms with van der Waals surface area (Å²) in [4.78, 5) is 30.6. The lowest BCUT2D eigenvalue weighted by molar-refractivity contribution is -0.384. The molecule has 0 saturated heterocycles. The molecule has 0 saturated carbocycles. The predicted octanol–water partition coefficient (Wildman–Crippen LogP) is 3.37. The van der Waals surface area contributed by atoms with Crippen LogP contribution < -0.4 is 5.32 Å². The third-order valence-corrected chi connectivity index (χ3v) is 3.78. The molecule has 0 aliphatic rings. The molecule has 0 bridgehead atoms. The van der Waals surface area contributed by atoms with Gasteiger partial charge in [-0.15, -0.1) is 11.3 Å². The fourth-order valence-electron chi connectivity index (χ4n) is 1.92. The van der Waals surface area contributed by atoms with Gasteiger partial charge >= 0.3 is 0 Å². The number of rotatable bonds is 4. The SMILES string of the molecule is O=C(Nc1nc(-c2ccncc2)cs1)c1cccc([N+](=O)[O-])c1. The van der Waals surface area contributed by atoms with Crippen LogP contribution in [0.15, 0.2) is 54.2 Å². The third kappa shape index (κ3) is 3.38. The largest absolute Gasteiger partial charge is 0.298 e. The van der Waals surface area contributed by atoms with Crippen LogP contribution in [-0.4, -0.2) is 20.8 Å². The topological polar surface area (TPSA) is 98.0 Å². The van der Waals surface area contributed by atoms with E-state index >= 15 is 0 Å². The van der Waals surface area contributed by atoms with E-state index in [1.54, 1.807) is 12.4 Å². The Morgan fingerprint density at radius 2 is 2.00 bits per heavy atom. The minimum Gasteiger partial charge on any atom is -0.298 e. The maximum absolute atomic E-state index is 12.2. The van der Waals surface area contributed by atoms with Crippen LogP contribution >= 0.6 is 11.3 Å². The van der Waals surface area contributed by atoms with Crippen molar-refractivity contribution in [1.82, 2.24) is 9.97 Å². The molecule has 0 fully saturated rings. The monoisotopic (exact) mass is 326 g/mol. The van der Waals surface area contributed by atoms with Crippen molar-refractivity contribution in [2.45, 2.75) is 0 Å². The van der Waals surface area contributed by atoms with Gasteiger partial charge in [-0.25, -0.2) is 4.98 Å². The van der Waals surface area contributed by atoms with Gasteiger partial charge in [0.25, 0.3) is 11.6 Å². The second-order valence-electron chi connectivity index (χ2n) is 4.54. The number of nitrogens with one attached hydrogen (secondary N) is 1. The molecule has 1 aromatic carbocycles. The zero-order valence-electron chi connectivity index (χ0n) is 11.7. The zero-order chi connectivity index (χ0) is 16.2. The molecule has 2 aromatic heterocycles. The molecule has 0 aliphatic heterocycles. The summed E-state index contributed by atoms with van der Waals surface area (Å²) in [6.45, 7) is 0. The van der Waals surface area contributed by atoms with Gasteiger partial charge < -0.3 is 0 Å². The van der Waals surface area contributed by atoms with Crippen LogP contribution in [-0.2, 0) is 0 Å². The first-order valence-electron chi connectivity index (χ1n) is 6.55. The number of thiazole rings is 1. The van der Waals surface area contributed by atoms with Crippen LogP contribution in [0.3, 0.4) is 0 Å². The minimum absolute atomic E-state index is 0.130. The van der Waals surface area contributed by atoms with E-state index in [0.29, 0.717) is 5.13 Å². The van der Waals surface area contributed by atoms with E-state index in [2.05, 4.69) is 15.3 Å². The van der Waals surface area contributed by atoms with Gasteiger partial charge in [-0.05, 0) is 18.2 Å². The van der Waals surface area contributed by atoms with E-state index in [4.69, 9.17) is 0 Å². The number of carbonyl (C=O) groups excluding carboxylic acids is 1. The highest BCUT2D eigenvalue weighted by molar-refractivity contribution is 7.14. The maximum atomic E-state index is 12.2. The number of aromatic nitrogens is 2. The average Bonchev–Trinajstić information content (AvgIpc) is 3.04. The Kier molecular flexibility index (Phi) is 4.07. The lowest BCUT2D eigenvalue weighted by Crippen LogP contribution is -2.11. The van der Waals surface area contributed by atoms with Gasteiger partial charge in [-0.3, -0.25) is 25.2 Å². The molecule has 7 nitrogen and oxygen atoms in total. The van der Waals surface area contributed by atoms with Gasteiger partial charge in [0.15, 0.2) is 5.13 Å². The highest BCUT2D eigenvalue weighted by Crippen LogP contribution is 2.25. The Morgan fingerprint density at radius 1 is 1.22 bits per heavy atom. The van der Waals surface area contributed by atoms with Gasteiger partial charge in [0, 0.05) is 41.0 Å². The molecular weight excluding hydrogens is 316 g/mol. The maximum Gasteiger partial charge on any atom is 0.270 e. The number of hydrogen-bond acceptors (Lipinski definition) is 6. The number of nitrogens with zero attached hydrogens (tertiary/aromatic N) is 3. The van der Waals surface area contributed by atoms with Crippen molar-refractivity contribution in [3.05, 3.63) is 69.8 Å². The van der Waals surface area contributed by atoms with Crippen LogP contribution in [0.4, 0.5) is 10.8 Å². The Hall–Kier alpha value is -3.13. The second-order valence-corrected chi connectivity index (χ2v) is 5.39. The van der Waals surface area contributed by atoms with Gasteiger partial charge in [0.1, 0.15) is 0 Å². The molecule has 3 aromatic rings. The molecular formula is C15H10N4O3S. The minimum atomic E-state index is -0.540. The molecule has 0 aliphatic carbocycles. The summed E-state index contributed by atoms with van der Waals surface area (Å²) in [5, 5.41) is 15.6. The number of hydrogen-bond donors (Lipinski definition) is 1.